The molecule has 0 aromatic heterocycles. The minimum Gasteiger partial charge on any atom is -0.606 e. The fourth-order valence-electron chi connectivity index (χ4n) is 4.94. The molecule has 0 N–H and O–H groups in total. The summed E-state index contributed by atoms with van der Waals surface area (Å²) in [6.07, 6.45) is 0. The van der Waals surface area contributed by atoms with Crippen LogP contribution >= 0.6 is 0 Å². The van der Waals surface area contributed by atoms with Crippen LogP contribution in [-0.4, -0.2) is 4.55 Å². The van der Waals surface area contributed by atoms with E-state index in [4.69, 9.17) is 9.47 Å². The molecule has 1 unspecified atom stereocenters. The Morgan fingerprint density at radius 2 is 0.972 bits per heavy atom. The van der Waals surface area contributed by atoms with Crippen LogP contribution in [0.4, 0.5) is 0 Å². The van der Waals surface area contributed by atoms with Gasteiger partial charge in [-0.3, -0.25) is 0 Å². The van der Waals surface area contributed by atoms with E-state index in [1.165, 1.54) is 0 Å². The molecule has 1 aliphatic heterocycles. The summed E-state index contributed by atoms with van der Waals surface area (Å²) in [6, 6.07) is 39.8. The molecule has 3 nitrogen and oxygen atoms in total. The van der Waals surface area contributed by atoms with E-state index >= 15 is 0 Å². The number of rotatable bonds is 3. The summed E-state index contributed by atoms with van der Waals surface area (Å²) in [7, 11) is 0. The first kappa shape index (κ1) is 21.1. The molecular weight excluding hydrogens is 464 g/mol. The predicted molar refractivity (Wildman–Crippen MR) is 145 cm³/mol. The van der Waals surface area contributed by atoms with E-state index in [2.05, 4.69) is 30.3 Å². The van der Waals surface area contributed by atoms with Crippen LogP contribution in [-0.2, 0) is 11.2 Å². The number of hydrogen-bond donors (Lipinski definition) is 0. The normalized spacial score (nSPS) is 12.9. The molecule has 0 spiro atoms. The van der Waals surface area contributed by atoms with E-state index in [0.29, 0.717) is 23.0 Å². The summed E-state index contributed by atoms with van der Waals surface area (Å²) in [5.41, 5.74) is 2.10. The number of fused-ring (bicyclic) bond motifs is 4. The molecule has 0 fully saturated rings. The van der Waals surface area contributed by atoms with Gasteiger partial charge in [-0.15, -0.1) is 0 Å². The maximum atomic E-state index is 13.9. The van der Waals surface area contributed by atoms with E-state index in [-0.39, 0.29) is 0 Å². The fraction of sp³-hybridized carbons (Fsp3) is 0. The van der Waals surface area contributed by atoms with Gasteiger partial charge >= 0.3 is 0 Å². The van der Waals surface area contributed by atoms with Crippen LogP contribution in [0.3, 0.4) is 0 Å². The summed E-state index contributed by atoms with van der Waals surface area (Å²) in [4.78, 5) is 1.63. The minimum atomic E-state index is -1.33. The lowest BCUT2D eigenvalue weighted by Crippen LogP contribution is -2.05. The molecule has 0 saturated carbocycles. The molecule has 7 rings (SSSR count). The van der Waals surface area contributed by atoms with Crippen LogP contribution in [0.2, 0.25) is 0 Å². The van der Waals surface area contributed by atoms with Gasteiger partial charge in [0.05, 0.1) is 0 Å². The Hall–Kier alpha value is -4.25. The minimum absolute atomic E-state index is 0.677. The van der Waals surface area contributed by atoms with Gasteiger partial charge in [-0.25, -0.2) is 0 Å². The molecule has 4 heteroatoms. The highest BCUT2D eigenvalue weighted by molar-refractivity contribution is 7.92. The van der Waals surface area contributed by atoms with E-state index in [1.54, 1.807) is 0 Å². The van der Waals surface area contributed by atoms with Gasteiger partial charge in [-0.1, -0.05) is 72.8 Å². The van der Waals surface area contributed by atoms with Gasteiger partial charge in [0.15, 0.2) is 32.8 Å². The van der Waals surface area contributed by atoms with Crippen molar-refractivity contribution in [2.45, 2.75) is 9.79 Å². The zero-order valence-corrected chi connectivity index (χ0v) is 20.0. The topological polar surface area (TPSA) is 41.5 Å². The molecule has 6 aromatic carbocycles. The Labute approximate surface area is 211 Å². The summed E-state index contributed by atoms with van der Waals surface area (Å²) >= 11 is -1.33. The van der Waals surface area contributed by atoms with Gasteiger partial charge in [0.25, 0.3) is 0 Å². The number of ether oxygens (including phenoxy) is 2. The van der Waals surface area contributed by atoms with Crippen LogP contribution in [0.1, 0.15) is 0 Å². The lowest BCUT2D eigenvalue weighted by Gasteiger charge is -2.22. The predicted octanol–water partition coefficient (Wildman–Crippen LogP) is 8.72. The van der Waals surface area contributed by atoms with Crippen molar-refractivity contribution in [1.82, 2.24) is 0 Å². The van der Waals surface area contributed by atoms with Gasteiger partial charge in [0.2, 0.25) is 0 Å². The molecule has 6 aromatic rings. The standard InChI is InChI=1S/C32H20O3S/c33-36(22-10-2-1-3-11-22)32-25-14-6-4-12-23(25)31(24-13-5-7-15-26(24)32)21-18-19-29-30(20-21)35-28-17-9-8-16-27(28)34-29/h1-20H. The third kappa shape index (κ3) is 3.34. The molecule has 0 aliphatic carbocycles. The van der Waals surface area contributed by atoms with Crippen molar-refractivity contribution in [1.29, 1.82) is 0 Å². The highest BCUT2D eigenvalue weighted by Crippen LogP contribution is 2.48. The highest BCUT2D eigenvalue weighted by Gasteiger charge is 2.26. The molecular formula is C32H20O3S. The highest BCUT2D eigenvalue weighted by atomic mass is 32.2. The number of para-hydroxylation sites is 2. The zero-order chi connectivity index (χ0) is 24.1. The summed E-state index contributed by atoms with van der Waals surface area (Å²) in [5, 5.41) is 4.06. The third-order valence-electron chi connectivity index (χ3n) is 6.55. The maximum absolute atomic E-state index is 13.9. The third-order valence-corrected chi connectivity index (χ3v) is 8.06. The number of hydrogen-bond acceptors (Lipinski definition) is 3. The quantitative estimate of drug-likeness (QED) is 0.186. The zero-order valence-electron chi connectivity index (χ0n) is 19.2. The van der Waals surface area contributed by atoms with Gasteiger partial charge in [0, 0.05) is 21.9 Å². The maximum Gasteiger partial charge on any atom is 0.174 e. The largest absolute Gasteiger partial charge is 0.606 e. The lowest BCUT2D eigenvalue weighted by atomic mass is 9.91. The van der Waals surface area contributed by atoms with Crippen LogP contribution in [0.5, 0.6) is 23.0 Å². The first-order valence-corrected chi connectivity index (χ1v) is 12.9. The molecule has 0 saturated heterocycles. The van der Waals surface area contributed by atoms with Crippen molar-refractivity contribution in [2.24, 2.45) is 0 Å². The van der Waals surface area contributed by atoms with Crippen LogP contribution in [0.25, 0.3) is 32.7 Å². The Balaban J connectivity index is 1.48. The lowest BCUT2D eigenvalue weighted by molar-refractivity contribution is 0.360. The van der Waals surface area contributed by atoms with Crippen molar-refractivity contribution >= 4 is 32.7 Å². The fourth-order valence-corrected chi connectivity index (χ4v) is 6.34. The van der Waals surface area contributed by atoms with Crippen molar-refractivity contribution in [3.8, 4) is 34.1 Å². The van der Waals surface area contributed by atoms with Crippen molar-refractivity contribution < 1.29 is 14.0 Å². The molecule has 1 atom stereocenters. The van der Waals surface area contributed by atoms with Crippen LogP contribution < -0.4 is 9.47 Å². The second kappa shape index (κ2) is 8.45. The molecule has 1 heterocycles. The molecule has 172 valence electrons. The molecule has 1 aliphatic rings. The van der Waals surface area contributed by atoms with Crippen molar-refractivity contribution in [2.75, 3.05) is 0 Å². The van der Waals surface area contributed by atoms with Gasteiger partial charge in [-0.05, 0) is 70.4 Å². The monoisotopic (exact) mass is 484 g/mol. The molecule has 0 radical (unpaired) electrons. The van der Waals surface area contributed by atoms with E-state index in [0.717, 1.165) is 42.5 Å². The summed E-state index contributed by atoms with van der Waals surface area (Å²) in [5.74, 6) is 2.77. The van der Waals surface area contributed by atoms with Crippen LogP contribution in [0.15, 0.2) is 131 Å². The first-order valence-electron chi connectivity index (χ1n) is 11.8. The van der Waals surface area contributed by atoms with E-state index in [1.807, 2.05) is 91.0 Å². The molecule has 0 bridgehead atoms. The molecule has 0 amide bonds. The van der Waals surface area contributed by atoms with E-state index in [9.17, 15) is 4.55 Å². The van der Waals surface area contributed by atoms with Crippen molar-refractivity contribution in [3.63, 3.8) is 0 Å². The van der Waals surface area contributed by atoms with Crippen LogP contribution in [0, 0.1) is 0 Å². The first-order chi connectivity index (χ1) is 17.8. The summed E-state index contributed by atoms with van der Waals surface area (Å²) < 4.78 is 26.2. The average Bonchev–Trinajstić information content (AvgIpc) is 2.94. The van der Waals surface area contributed by atoms with E-state index < -0.39 is 11.2 Å². The number of benzene rings is 6. The Morgan fingerprint density at radius 1 is 0.472 bits per heavy atom. The van der Waals surface area contributed by atoms with Gasteiger partial charge in [-0.2, -0.15) is 0 Å². The Kier molecular flexibility index (Phi) is 4.95. The molecule has 36 heavy (non-hydrogen) atoms. The van der Waals surface area contributed by atoms with Gasteiger partial charge < -0.3 is 14.0 Å². The van der Waals surface area contributed by atoms with Crippen molar-refractivity contribution in [3.05, 3.63) is 121 Å². The second-order valence-corrected chi connectivity index (χ2v) is 10.1. The summed E-state index contributed by atoms with van der Waals surface area (Å²) in [6.45, 7) is 0. The Morgan fingerprint density at radius 3 is 1.61 bits per heavy atom. The smallest absolute Gasteiger partial charge is 0.174 e. The van der Waals surface area contributed by atoms with Gasteiger partial charge in [0.1, 0.15) is 0 Å². The average molecular weight is 485 g/mol. The Bertz CT molecular complexity index is 1700. The second-order valence-electron chi connectivity index (χ2n) is 8.69. The SMILES string of the molecule is [O-][S+](c1ccccc1)c1c2ccccc2c(-c2ccc3c(c2)Oc2ccccc2O3)c2ccccc12.